The summed E-state index contributed by atoms with van der Waals surface area (Å²) in [4.78, 5) is 0. The molecule has 1 saturated carbocycles. The zero-order valence-electron chi connectivity index (χ0n) is 12.9. The molecule has 1 N–H and O–H groups in total. The molecule has 2 nitrogen and oxygen atoms in total. The Morgan fingerprint density at radius 2 is 1.86 bits per heavy atom. The van der Waals surface area contributed by atoms with Crippen molar-refractivity contribution >= 4 is 23.2 Å². The lowest BCUT2D eigenvalue weighted by Crippen LogP contribution is -2.25. The molecular formula is C17H25Cl2NO. The summed E-state index contributed by atoms with van der Waals surface area (Å²) in [6, 6.07) is 3.72. The van der Waals surface area contributed by atoms with Gasteiger partial charge in [-0.05, 0) is 50.3 Å². The Hall–Kier alpha value is -0.440. The molecule has 1 aliphatic carbocycles. The van der Waals surface area contributed by atoms with Gasteiger partial charge >= 0.3 is 0 Å². The summed E-state index contributed by atoms with van der Waals surface area (Å²) in [5.41, 5.74) is 1.05. The summed E-state index contributed by atoms with van der Waals surface area (Å²) < 4.78 is 6.23. The quantitative estimate of drug-likeness (QED) is 0.749. The minimum absolute atomic E-state index is 0.284. The first-order valence-corrected chi connectivity index (χ1v) is 8.74. The van der Waals surface area contributed by atoms with Crippen LogP contribution in [0.3, 0.4) is 0 Å². The van der Waals surface area contributed by atoms with Crippen molar-refractivity contribution in [1.82, 2.24) is 5.32 Å². The van der Waals surface area contributed by atoms with Crippen LogP contribution >= 0.6 is 23.2 Å². The Kier molecular flexibility index (Phi) is 6.66. The third-order valence-corrected chi connectivity index (χ3v) is 4.81. The molecule has 1 fully saturated rings. The van der Waals surface area contributed by atoms with Crippen LogP contribution in [0.25, 0.3) is 0 Å². The van der Waals surface area contributed by atoms with Crippen LogP contribution in [-0.4, -0.2) is 12.6 Å². The highest BCUT2D eigenvalue weighted by Crippen LogP contribution is 2.36. The molecule has 118 valence electrons. The summed E-state index contributed by atoms with van der Waals surface area (Å²) in [5.74, 6) is 1.67. The van der Waals surface area contributed by atoms with E-state index in [4.69, 9.17) is 27.9 Å². The maximum absolute atomic E-state index is 6.35. The molecule has 0 amide bonds. The van der Waals surface area contributed by atoms with Gasteiger partial charge in [-0.1, -0.05) is 43.5 Å². The molecule has 0 heterocycles. The Morgan fingerprint density at radius 1 is 1.14 bits per heavy atom. The monoisotopic (exact) mass is 329 g/mol. The first-order valence-electron chi connectivity index (χ1n) is 7.99. The number of rotatable bonds is 6. The highest BCUT2D eigenvalue weighted by Gasteiger charge is 2.23. The summed E-state index contributed by atoms with van der Waals surface area (Å²) in [6.45, 7) is 6.00. The van der Waals surface area contributed by atoms with Crippen molar-refractivity contribution in [3.05, 3.63) is 27.7 Å². The van der Waals surface area contributed by atoms with Gasteiger partial charge in [-0.3, -0.25) is 0 Å². The van der Waals surface area contributed by atoms with E-state index in [-0.39, 0.29) is 6.10 Å². The van der Waals surface area contributed by atoms with Gasteiger partial charge in [-0.2, -0.15) is 0 Å². The lowest BCUT2D eigenvalue weighted by molar-refractivity contribution is 0.129. The minimum Gasteiger partial charge on any atom is -0.489 e. The lowest BCUT2D eigenvalue weighted by atomic mass is 9.86. The Balaban J connectivity index is 2.07. The fourth-order valence-corrected chi connectivity index (χ4v) is 3.54. The van der Waals surface area contributed by atoms with Gasteiger partial charge in [0, 0.05) is 17.1 Å². The van der Waals surface area contributed by atoms with Crippen molar-refractivity contribution in [1.29, 1.82) is 0 Å². The second-order valence-electron chi connectivity index (χ2n) is 5.83. The second kappa shape index (κ2) is 8.26. The molecule has 4 heteroatoms. The summed E-state index contributed by atoms with van der Waals surface area (Å²) in [6.07, 6.45) is 6.33. The van der Waals surface area contributed by atoms with Crippen LogP contribution in [0.5, 0.6) is 5.75 Å². The Morgan fingerprint density at radius 3 is 2.48 bits per heavy atom. The van der Waals surface area contributed by atoms with E-state index in [0.717, 1.165) is 43.2 Å². The van der Waals surface area contributed by atoms with Crippen LogP contribution in [0.1, 0.15) is 51.5 Å². The number of ether oxygens (including phenoxy) is 1. The van der Waals surface area contributed by atoms with Crippen LogP contribution in [0, 0.1) is 5.92 Å². The zero-order valence-corrected chi connectivity index (χ0v) is 14.4. The summed E-state index contributed by atoms with van der Waals surface area (Å²) in [7, 11) is 0. The van der Waals surface area contributed by atoms with Crippen molar-refractivity contribution in [3.63, 3.8) is 0 Å². The van der Waals surface area contributed by atoms with Crippen LogP contribution in [-0.2, 0) is 6.54 Å². The normalized spacial score (nSPS) is 22.3. The van der Waals surface area contributed by atoms with Gasteiger partial charge in [0.05, 0.1) is 11.1 Å². The molecule has 0 atom stereocenters. The maximum atomic E-state index is 6.35. The van der Waals surface area contributed by atoms with E-state index in [0.29, 0.717) is 10.0 Å². The van der Waals surface area contributed by atoms with E-state index in [9.17, 15) is 0 Å². The molecule has 0 aromatic heterocycles. The van der Waals surface area contributed by atoms with E-state index in [1.165, 1.54) is 19.3 Å². The summed E-state index contributed by atoms with van der Waals surface area (Å²) in [5, 5.41) is 4.60. The molecule has 0 radical (unpaired) electrons. The lowest BCUT2D eigenvalue weighted by Gasteiger charge is -2.29. The van der Waals surface area contributed by atoms with Crippen molar-refractivity contribution in [2.75, 3.05) is 6.54 Å². The predicted molar refractivity (Wildman–Crippen MR) is 90.5 cm³/mol. The Labute approximate surface area is 138 Å². The highest BCUT2D eigenvalue weighted by atomic mass is 35.5. The molecule has 2 rings (SSSR count). The van der Waals surface area contributed by atoms with Gasteiger partial charge in [-0.15, -0.1) is 0 Å². The van der Waals surface area contributed by atoms with Crippen molar-refractivity contribution in [3.8, 4) is 5.75 Å². The van der Waals surface area contributed by atoms with Gasteiger partial charge in [0.15, 0.2) is 0 Å². The topological polar surface area (TPSA) is 21.3 Å². The molecular weight excluding hydrogens is 305 g/mol. The van der Waals surface area contributed by atoms with Gasteiger partial charge in [-0.25, -0.2) is 0 Å². The van der Waals surface area contributed by atoms with E-state index < -0.39 is 0 Å². The van der Waals surface area contributed by atoms with Gasteiger partial charge in [0.25, 0.3) is 0 Å². The molecule has 0 aliphatic heterocycles. The first kappa shape index (κ1) is 16.9. The number of hydrogen-bond donors (Lipinski definition) is 1. The van der Waals surface area contributed by atoms with Crippen molar-refractivity contribution < 1.29 is 4.74 Å². The van der Waals surface area contributed by atoms with Crippen molar-refractivity contribution in [2.24, 2.45) is 5.92 Å². The fourth-order valence-electron chi connectivity index (χ4n) is 2.96. The van der Waals surface area contributed by atoms with Crippen molar-refractivity contribution in [2.45, 2.75) is 58.6 Å². The van der Waals surface area contributed by atoms with Gasteiger partial charge in [0.1, 0.15) is 5.75 Å². The molecule has 0 spiro atoms. The standard InChI is InChI=1S/C17H25Cl2NO/c1-3-12-5-7-15(8-6-12)21-17-13(11-20-4-2)9-14(18)10-16(17)19/h9-10,12,15,20H,3-8,11H2,1-2H3. The Bertz CT molecular complexity index is 456. The maximum Gasteiger partial charge on any atom is 0.142 e. The third-order valence-electron chi connectivity index (χ3n) is 4.31. The first-order chi connectivity index (χ1) is 10.1. The molecule has 1 aliphatic rings. The van der Waals surface area contributed by atoms with Crippen LogP contribution < -0.4 is 10.1 Å². The van der Waals surface area contributed by atoms with E-state index >= 15 is 0 Å². The van der Waals surface area contributed by atoms with Crippen LogP contribution in [0.4, 0.5) is 0 Å². The van der Waals surface area contributed by atoms with E-state index in [2.05, 4.69) is 19.2 Å². The molecule has 1 aromatic carbocycles. The zero-order chi connectivity index (χ0) is 15.2. The number of benzene rings is 1. The largest absolute Gasteiger partial charge is 0.489 e. The fraction of sp³-hybridized carbons (Fsp3) is 0.647. The number of nitrogens with one attached hydrogen (secondary N) is 1. The SMILES string of the molecule is CCNCc1cc(Cl)cc(Cl)c1OC1CCC(CC)CC1. The molecule has 0 bridgehead atoms. The second-order valence-corrected chi connectivity index (χ2v) is 6.67. The summed E-state index contributed by atoms with van der Waals surface area (Å²) >= 11 is 12.5. The van der Waals surface area contributed by atoms with Gasteiger partial charge in [0.2, 0.25) is 0 Å². The molecule has 0 saturated heterocycles. The molecule has 1 aromatic rings. The average molecular weight is 330 g/mol. The average Bonchev–Trinajstić information content (AvgIpc) is 2.48. The molecule has 0 unspecified atom stereocenters. The molecule has 21 heavy (non-hydrogen) atoms. The van der Waals surface area contributed by atoms with E-state index in [1.807, 2.05) is 6.07 Å². The minimum atomic E-state index is 0.284. The predicted octanol–water partition coefficient (Wildman–Crippen LogP) is 5.45. The van der Waals surface area contributed by atoms with Crippen LogP contribution in [0.2, 0.25) is 10.0 Å². The van der Waals surface area contributed by atoms with Gasteiger partial charge < -0.3 is 10.1 Å². The highest BCUT2D eigenvalue weighted by molar-refractivity contribution is 6.35. The number of halogens is 2. The number of hydrogen-bond acceptors (Lipinski definition) is 2. The van der Waals surface area contributed by atoms with E-state index in [1.54, 1.807) is 6.07 Å². The smallest absolute Gasteiger partial charge is 0.142 e. The van der Waals surface area contributed by atoms with Crippen LogP contribution in [0.15, 0.2) is 12.1 Å². The third kappa shape index (κ3) is 4.77.